The third kappa shape index (κ3) is 10.6. The Hall–Kier alpha value is -4.41. The number of aromatic carboxylic acids is 1. The minimum Gasteiger partial charge on any atom is -0.489 e. The molecule has 244 valence electrons. The normalized spacial score (nSPS) is 11.2. The van der Waals surface area contributed by atoms with Crippen molar-refractivity contribution in [3.05, 3.63) is 125 Å². The van der Waals surface area contributed by atoms with Crippen LogP contribution in [-0.2, 0) is 30.5 Å². The van der Waals surface area contributed by atoms with Gasteiger partial charge in [-0.05, 0) is 84.5 Å². The summed E-state index contributed by atoms with van der Waals surface area (Å²) in [6, 6.07) is 23.1. The lowest BCUT2D eigenvalue weighted by molar-refractivity contribution is -0.138. The summed E-state index contributed by atoms with van der Waals surface area (Å²) >= 11 is 0. The Bertz CT molecular complexity index is 1590. The molecule has 4 aromatic carbocycles. The third-order valence-electron chi connectivity index (χ3n) is 7.37. The van der Waals surface area contributed by atoms with Gasteiger partial charge in [-0.1, -0.05) is 54.6 Å². The van der Waals surface area contributed by atoms with E-state index in [1.807, 2.05) is 18.2 Å². The van der Waals surface area contributed by atoms with Crippen LogP contribution in [0.3, 0.4) is 0 Å². The van der Waals surface area contributed by atoms with Crippen LogP contribution in [0.25, 0.3) is 11.1 Å². The monoisotopic (exact) mass is 659 g/mol. The Labute approximate surface area is 270 Å². The fourth-order valence-corrected chi connectivity index (χ4v) is 4.87. The molecule has 0 amide bonds. The van der Waals surface area contributed by atoms with Gasteiger partial charge in [-0.25, -0.2) is 9.18 Å². The number of aliphatic carboxylic acids is 1. The Balaban J connectivity index is 0.00000576. The van der Waals surface area contributed by atoms with E-state index < -0.39 is 29.5 Å². The summed E-state index contributed by atoms with van der Waals surface area (Å²) in [5.74, 6) is -1.80. The Morgan fingerprint density at radius 1 is 0.783 bits per heavy atom. The lowest BCUT2D eigenvalue weighted by Gasteiger charge is -2.23. The number of halogens is 5. The number of hydrogen-bond acceptors (Lipinski definition) is 4. The summed E-state index contributed by atoms with van der Waals surface area (Å²) in [4.78, 5) is 24.3. The molecule has 0 heterocycles. The number of alkyl halides is 3. The van der Waals surface area contributed by atoms with Gasteiger partial charge in [0.1, 0.15) is 18.2 Å². The van der Waals surface area contributed by atoms with E-state index in [0.717, 1.165) is 23.3 Å². The number of rotatable bonds is 15. The van der Waals surface area contributed by atoms with E-state index >= 15 is 0 Å². The molecule has 0 aliphatic heterocycles. The summed E-state index contributed by atoms with van der Waals surface area (Å²) in [5, 5.41) is 18.2. The van der Waals surface area contributed by atoms with Crippen molar-refractivity contribution in [3.8, 4) is 16.9 Å². The first-order valence-electron chi connectivity index (χ1n) is 14.4. The zero-order valence-corrected chi connectivity index (χ0v) is 25.6. The molecule has 0 atom stereocenters. The lowest BCUT2D eigenvalue weighted by atomic mass is 10.0. The minimum absolute atomic E-state index is 0. The fourth-order valence-electron chi connectivity index (χ4n) is 4.87. The number of nitrogens with zero attached hydrogens (tertiary/aromatic N) is 1. The van der Waals surface area contributed by atoms with Gasteiger partial charge < -0.3 is 14.9 Å². The highest BCUT2D eigenvalue weighted by Crippen LogP contribution is 2.31. The summed E-state index contributed by atoms with van der Waals surface area (Å²) in [7, 11) is 0. The molecule has 0 bridgehead atoms. The number of benzene rings is 4. The number of carbonyl (C=O) groups is 2. The van der Waals surface area contributed by atoms with Gasteiger partial charge in [0.05, 0.1) is 11.1 Å². The van der Waals surface area contributed by atoms with Gasteiger partial charge in [0, 0.05) is 25.1 Å². The molecule has 0 spiro atoms. The van der Waals surface area contributed by atoms with E-state index in [1.54, 1.807) is 42.5 Å². The number of hydrogen-bond donors (Lipinski definition) is 2. The van der Waals surface area contributed by atoms with Gasteiger partial charge in [-0.3, -0.25) is 9.69 Å². The van der Waals surface area contributed by atoms with Gasteiger partial charge >= 0.3 is 18.1 Å². The molecular formula is C35H34ClF4NO5. The second kappa shape index (κ2) is 16.8. The van der Waals surface area contributed by atoms with Crippen molar-refractivity contribution in [2.24, 2.45) is 0 Å². The zero-order chi connectivity index (χ0) is 32.4. The van der Waals surface area contributed by atoms with Crippen molar-refractivity contribution < 1.29 is 42.1 Å². The van der Waals surface area contributed by atoms with Crippen LogP contribution in [0.5, 0.6) is 5.75 Å². The molecule has 2 N–H and O–H groups in total. The van der Waals surface area contributed by atoms with Crippen molar-refractivity contribution in [1.29, 1.82) is 0 Å². The topological polar surface area (TPSA) is 87.1 Å². The van der Waals surface area contributed by atoms with Gasteiger partial charge in [0.25, 0.3) is 0 Å². The lowest BCUT2D eigenvalue weighted by Crippen LogP contribution is -2.27. The van der Waals surface area contributed by atoms with Crippen molar-refractivity contribution >= 4 is 24.3 Å². The van der Waals surface area contributed by atoms with E-state index in [1.165, 1.54) is 18.2 Å². The van der Waals surface area contributed by atoms with Gasteiger partial charge in [-0.15, -0.1) is 12.4 Å². The summed E-state index contributed by atoms with van der Waals surface area (Å²) in [6.45, 7) is 1.76. The Morgan fingerprint density at radius 2 is 1.46 bits per heavy atom. The summed E-state index contributed by atoms with van der Waals surface area (Å²) in [5.41, 5.74) is 2.46. The minimum atomic E-state index is -4.45. The van der Waals surface area contributed by atoms with Crippen LogP contribution < -0.4 is 4.74 Å². The molecule has 4 rings (SSSR count). The predicted octanol–water partition coefficient (Wildman–Crippen LogP) is 8.51. The predicted molar refractivity (Wildman–Crippen MR) is 169 cm³/mol. The largest absolute Gasteiger partial charge is 0.489 e. The maximum atomic E-state index is 15.0. The van der Waals surface area contributed by atoms with Crippen molar-refractivity contribution in [1.82, 2.24) is 4.90 Å². The SMILES string of the molecule is Cl.O=C(O)CCCCN(CCc1ccccc1OCc1ccc(-c2ccc(C(F)(F)F)cc2)cc1F)Cc1ccc(C(=O)O)cc1. The highest BCUT2D eigenvalue weighted by Gasteiger charge is 2.30. The molecule has 0 radical (unpaired) electrons. The first kappa shape index (κ1) is 36.1. The van der Waals surface area contributed by atoms with E-state index in [0.29, 0.717) is 61.3 Å². The average molecular weight is 660 g/mol. The van der Waals surface area contributed by atoms with Gasteiger partial charge in [0.15, 0.2) is 0 Å². The maximum Gasteiger partial charge on any atom is 0.416 e. The van der Waals surface area contributed by atoms with Crippen LogP contribution in [0.15, 0.2) is 91.0 Å². The molecule has 6 nitrogen and oxygen atoms in total. The molecule has 0 saturated heterocycles. The standard InChI is InChI=1S/C35H33F4NO5.ClH/c36-31-21-28(25-14-16-30(17-15-25)35(37,38)39)12-13-29(31)23-45-32-6-2-1-5-26(32)18-20-40(19-4-3-7-33(41)42)22-24-8-10-27(11-9-24)34(43)44;/h1-2,5-6,8-17,21H,3-4,7,18-20,22-23H2,(H,41,42)(H,43,44);1H. The average Bonchev–Trinajstić information content (AvgIpc) is 3.01. The first-order valence-corrected chi connectivity index (χ1v) is 14.4. The number of para-hydroxylation sites is 1. The molecule has 0 aliphatic rings. The molecular weight excluding hydrogens is 626 g/mol. The Morgan fingerprint density at radius 3 is 2.09 bits per heavy atom. The van der Waals surface area contributed by atoms with Gasteiger partial charge in [0.2, 0.25) is 0 Å². The number of carboxylic acid groups (broad SMARTS) is 2. The highest BCUT2D eigenvalue weighted by molar-refractivity contribution is 5.87. The Kier molecular flexibility index (Phi) is 13.1. The van der Waals surface area contributed by atoms with Crippen LogP contribution in [-0.4, -0.2) is 40.1 Å². The molecule has 0 unspecified atom stereocenters. The maximum absolute atomic E-state index is 15.0. The fraction of sp³-hybridized carbons (Fsp3) is 0.257. The molecule has 4 aromatic rings. The van der Waals surface area contributed by atoms with Crippen molar-refractivity contribution in [2.75, 3.05) is 13.1 Å². The third-order valence-corrected chi connectivity index (χ3v) is 7.37. The molecule has 0 aromatic heterocycles. The van der Waals surface area contributed by atoms with Gasteiger partial charge in [-0.2, -0.15) is 13.2 Å². The van der Waals surface area contributed by atoms with E-state index in [9.17, 15) is 32.3 Å². The van der Waals surface area contributed by atoms with E-state index in [4.69, 9.17) is 9.84 Å². The second-order valence-corrected chi connectivity index (χ2v) is 10.7. The molecule has 0 aliphatic carbocycles. The molecule has 0 saturated carbocycles. The van der Waals surface area contributed by atoms with Crippen LogP contribution in [0.1, 0.15) is 51.9 Å². The quantitative estimate of drug-likeness (QED) is 0.0983. The smallest absolute Gasteiger partial charge is 0.416 e. The van der Waals surface area contributed by atoms with E-state index in [2.05, 4.69) is 4.90 Å². The first-order chi connectivity index (χ1) is 21.5. The second-order valence-electron chi connectivity index (χ2n) is 10.7. The van der Waals surface area contributed by atoms with Crippen molar-refractivity contribution in [3.63, 3.8) is 0 Å². The number of ether oxygens (including phenoxy) is 1. The summed E-state index contributed by atoms with van der Waals surface area (Å²) in [6.07, 6.45) is -2.55. The van der Waals surface area contributed by atoms with Crippen LogP contribution in [0.2, 0.25) is 0 Å². The molecule has 46 heavy (non-hydrogen) atoms. The zero-order valence-electron chi connectivity index (χ0n) is 24.8. The highest BCUT2D eigenvalue weighted by atomic mass is 35.5. The van der Waals surface area contributed by atoms with Crippen LogP contribution in [0, 0.1) is 5.82 Å². The van der Waals surface area contributed by atoms with Crippen LogP contribution in [0.4, 0.5) is 17.6 Å². The van der Waals surface area contributed by atoms with Crippen LogP contribution >= 0.6 is 12.4 Å². The van der Waals surface area contributed by atoms with Crippen molar-refractivity contribution in [2.45, 2.75) is 45.0 Å². The molecule has 0 fully saturated rings. The molecule has 11 heteroatoms. The van der Waals surface area contributed by atoms with E-state index in [-0.39, 0.29) is 31.0 Å². The number of carboxylic acids is 2. The number of unbranched alkanes of at least 4 members (excludes halogenated alkanes) is 1. The summed E-state index contributed by atoms with van der Waals surface area (Å²) < 4.78 is 59.6.